The van der Waals surface area contributed by atoms with Crippen molar-refractivity contribution in [3.63, 3.8) is 0 Å². The standard InChI is InChI=1S/C11H10FN3O2S/c1-7(8-4-2-3-5-9(8)12)14-11-13-6-10(18-11)15(16)17/h2-7H,1H3,(H,13,14). The molecule has 1 aromatic heterocycles. The van der Waals surface area contributed by atoms with E-state index in [-0.39, 0.29) is 16.9 Å². The van der Waals surface area contributed by atoms with Gasteiger partial charge in [-0.05, 0) is 24.3 Å². The maximum atomic E-state index is 13.5. The molecule has 1 heterocycles. The van der Waals surface area contributed by atoms with E-state index in [1.54, 1.807) is 25.1 Å². The molecule has 0 amide bonds. The van der Waals surface area contributed by atoms with Gasteiger partial charge in [0.25, 0.3) is 0 Å². The molecule has 0 aliphatic heterocycles. The van der Waals surface area contributed by atoms with Crippen LogP contribution in [0.3, 0.4) is 0 Å². The fraction of sp³-hybridized carbons (Fsp3) is 0.182. The second-order valence-corrected chi connectivity index (χ2v) is 4.66. The van der Waals surface area contributed by atoms with Crippen LogP contribution in [0, 0.1) is 15.9 Å². The van der Waals surface area contributed by atoms with Crippen LogP contribution < -0.4 is 5.32 Å². The summed E-state index contributed by atoms with van der Waals surface area (Å²) >= 11 is 0.926. The van der Waals surface area contributed by atoms with Gasteiger partial charge in [0.2, 0.25) is 0 Å². The number of hydrogen-bond acceptors (Lipinski definition) is 5. The van der Waals surface area contributed by atoms with Crippen molar-refractivity contribution in [1.82, 2.24) is 4.98 Å². The smallest absolute Gasteiger partial charge is 0.345 e. The van der Waals surface area contributed by atoms with Crippen molar-refractivity contribution in [3.05, 3.63) is 52.0 Å². The molecule has 18 heavy (non-hydrogen) atoms. The Kier molecular flexibility index (Phi) is 3.52. The highest BCUT2D eigenvalue weighted by Gasteiger charge is 2.15. The van der Waals surface area contributed by atoms with Gasteiger partial charge in [-0.15, -0.1) is 0 Å². The first-order valence-corrected chi connectivity index (χ1v) is 6.01. The van der Waals surface area contributed by atoms with Crippen molar-refractivity contribution in [2.45, 2.75) is 13.0 Å². The van der Waals surface area contributed by atoms with E-state index in [1.807, 2.05) is 0 Å². The third-order valence-corrected chi connectivity index (χ3v) is 3.27. The largest absolute Gasteiger partial charge is 0.355 e. The minimum atomic E-state index is -0.503. The third kappa shape index (κ3) is 2.62. The molecule has 7 heteroatoms. The van der Waals surface area contributed by atoms with Gasteiger partial charge < -0.3 is 5.32 Å². The lowest BCUT2D eigenvalue weighted by Gasteiger charge is -2.13. The van der Waals surface area contributed by atoms with Crippen LogP contribution in [0.2, 0.25) is 0 Å². The molecular formula is C11H10FN3O2S. The number of rotatable bonds is 4. The van der Waals surface area contributed by atoms with Gasteiger partial charge in [0, 0.05) is 5.56 Å². The number of thiazole rings is 1. The number of anilines is 1. The zero-order valence-electron chi connectivity index (χ0n) is 9.46. The number of nitrogens with zero attached hydrogens (tertiary/aromatic N) is 2. The normalized spacial score (nSPS) is 12.1. The predicted molar refractivity (Wildman–Crippen MR) is 67.2 cm³/mol. The Morgan fingerprint density at radius 1 is 1.50 bits per heavy atom. The van der Waals surface area contributed by atoms with Crippen molar-refractivity contribution in [3.8, 4) is 0 Å². The minimum absolute atomic E-state index is 0.0433. The average molecular weight is 267 g/mol. The molecule has 0 aliphatic carbocycles. The Morgan fingerprint density at radius 3 is 2.83 bits per heavy atom. The first-order valence-electron chi connectivity index (χ1n) is 5.19. The Hall–Kier alpha value is -2.02. The number of benzene rings is 1. The molecule has 94 valence electrons. The lowest BCUT2D eigenvalue weighted by Crippen LogP contribution is -2.08. The Bertz CT molecular complexity index is 573. The molecule has 2 rings (SSSR count). The number of hydrogen-bond donors (Lipinski definition) is 1. The molecule has 1 N–H and O–H groups in total. The maximum absolute atomic E-state index is 13.5. The predicted octanol–water partition coefficient (Wildman–Crippen LogP) is 3.36. The first-order chi connectivity index (χ1) is 8.58. The summed E-state index contributed by atoms with van der Waals surface area (Å²) in [5.41, 5.74) is 0.496. The van der Waals surface area contributed by atoms with E-state index < -0.39 is 4.92 Å². The van der Waals surface area contributed by atoms with Crippen molar-refractivity contribution >= 4 is 21.5 Å². The molecule has 0 saturated heterocycles. The van der Waals surface area contributed by atoms with E-state index in [4.69, 9.17) is 0 Å². The van der Waals surface area contributed by atoms with Gasteiger partial charge in [-0.1, -0.05) is 18.2 Å². The van der Waals surface area contributed by atoms with Crippen LogP contribution in [0.4, 0.5) is 14.5 Å². The summed E-state index contributed by atoms with van der Waals surface area (Å²) in [7, 11) is 0. The molecule has 1 atom stereocenters. The zero-order valence-corrected chi connectivity index (χ0v) is 10.3. The number of aromatic nitrogens is 1. The van der Waals surface area contributed by atoms with Crippen LogP contribution >= 0.6 is 11.3 Å². The SMILES string of the molecule is CC(Nc1ncc([N+](=O)[O-])s1)c1ccccc1F. The van der Waals surface area contributed by atoms with E-state index in [1.165, 1.54) is 12.3 Å². The lowest BCUT2D eigenvalue weighted by atomic mass is 10.1. The van der Waals surface area contributed by atoms with Crippen molar-refractivity contribution < 1.29 is 9.31 Å². The van der Waals surface area contributed by atoms with E-state index >= 15 is 0 Å². The monoisotopic (exact) mass is 267 g/mol. The van der Waals surface area contributed by atoms with Gasteiger partial charge >= 0.3 is 5.00 Å². The molecule has 0 fully saturated rings. The average Bonchev–Trinajstić information content (AvgIpc) is 2.78. The highest BCUT2D eigenvalue weighted by Crippen LogP contribution is 2.28. The van der Waals surface area contributed by atoms with Gasteiger partial charge in [0.15, 0.2) is 5.13 Å². The molecule has 0 saturated carbocycles. The van der Waals surface area contributed by atoms with Gasteiger partial charge in [0.1, 0.15) is 12.0 Å². The summed E-state index contributed by atoms with van der Waals surface area (Å²) in [6.07, 6.45) is 1.18. The van der Waals surface area contributed by atoms with Gasteiger partial charge in [-0.3, -0.25) is 10.1 Å². The molecule has 2 aromatic rings. The van der Waals surface area contributed by atoms with Crippen LogP contribution in [0.25, 0.3) is 0 Å². The molecule has 0 bridgehead atoms. The van der Waals surface area contributed by atoms with Crippen LogP contribution in [-0.4, -0.2) is 9.91 Å². The zero-order chi connectivity index (χ0) is 13.1. The molecule has 5 nitrogen and oxygen atoms in total. The summed E-state index contributed by atoms with van der Waals surface area (Å²) in [4.78, 5) is 13.9. The number of halogens is 1. The molecular weight excluding hydrogens is 257 g/mol. The van der Waals surface area contributed by atoms with Crippen LogP contribution in [0.5, 0.6) is 0 Å². The Morgan fingerprint density at radius 2 is 2.22 bits per heavy atom. The van der Waals surface area contributed by atoms with Crippen molar-refractivity contribution in [2.24, 2.45) is 0 Å². The van der Waals surface area contributed by atoms with E-state index in [0.29, 0.717) is 10.7 Å². The second kappa shape index (κ2) is 5.09. The summed E-state index contributed by atoms with van der Waals surface area (Å²) in [5, 5.41) is 13.8. The molecule has 0 spiro atoms. The van der Waals surface area contributed by atoms with Gasteiger partial charge in [-0.25, -0.2) is 9.37 Å². The van der Waals surface area contributed by atoms with Gasteiger partial charge in [0.05, 0.1) is 11.0 Å². The summed E-state index contributed by atoms with van der Waals surface area (Å²) < 4.78 is 13.5. The maximum Gasteiger partial charge on any atom is 0.345 e. The number of nitro groups is 1. The summed E-state index contributed by atoms with van der Waals surface area (Å²) in [6.45, 7) is 1.77. The quantitative estimate of drug-likeness (QED) is 0.681. The van der Waals surface area contributed by atoms with Gasteiger partial charge in [-0.2, -0.15) is 0 Å². The van der Waals surface area contributed by atoms with Crippen molar-refractivity contribution in [1.29, 1.82) is 0 Å². The fourth-order valence-corrected chi connectivity index (χ4v) is 2.23. The Balaban J connectivity index is 2.13. The van der Waals surface area contributed by atoms with E-state index in [9.17, 15) is 14.5 Å². The highest BCUT2D eigenvalue weighted by atomic mass is 32.1. The van der Waals surface area contributed by atoms with Crippen molar-refractivity contribution in [2.75, 3.05) is 5.32 Å². The van der Waals surface area contributed by atoms with E-state index in [0.717, 1.165) is 11.3 Å². The van der Waals surface area contributed by atoms with E-state index in [2.05, 4.69) is 10.3 Å². The second-order valence-electron chi connectivity index (χ2n) is 3.65. The number of nitrogens with one attached hydrogen (secondary N) is 1. The molecule has 1 aromatic carbocycles. The summed E-state index contributed by atoms with van der Waals surface area (Å²) in [5.74, 6) is -0.316. The molecule has 1 unspecified atom stereocenters. The highest BCUT2D eigenvalue weighted by molar-refractivity contribution is 7.18. The lowest BCUT2D eigenvalue weighted by molar-refractivity contribution is -0.380. The molecule has 0 radical (unpaired) electrons. The topological polar surface area (TPSA) is 68.1 Å². The summed E-state index contributed by atoms with van der Waals surface area (Å²) in [6, 6.07) is 6.07. The first kappa shape index (κ1) is 12.4. The van der Waals surface area contributed by atoms with Crippen LogP contribution in [-0.2, 0) is 0 Å². The minimum Gasteiger partial charge on any atom is -0.355 e. The third-order valence-electron chi connectivity index (χ3n) is 2.39. The van der Waals surface area contributed by atoms with Crippen LogP contribution in [0.1, 0.15) is 18.5 Å². The fourth-order valence-electron chi connectivity index (χ4n) is 1.51. The van der Waals surface area contributed by atoms with Crippen LogP contribution in [0.15, 0.2) is 30.5 Å². The molecule has 0 aliphatic rings. The Labute approximate surface area is 106 Å².